The Labute approximate surface area is 194 Å². The number of carbonyl (C=O) groups excluding carboxylic acids is 1. The van der Waals surface area contributed by atoms with E-state index in [4.69, 9.17) is 11.1 Å². The first-order valence-corrected chi connectivity index (χ1v) is 12.2. The fraction of sp³-hybridized carbons (Fsp3) is 0.304. The molecule has 1 aliphatic heterocycles. The van der Waals surface area contributed by atoms with Gasteiger partial charge in [0.1, 0.15) is 0 Å². The van der Waals surface area contributed by atoms with Gasteiger partial charge in [-0.25, -0.2) is 13.1 Å². The van der Waals surface area contributed by atoms with Crippen LogP contribution >= 0.6 is 0 Å². The van der Waals surface area contributed by atoms with Gasteiger partial charge in [0.25, 0.3) is 5.91 Å². The molecule has 2 aromatic rings. The molecule has 3 rings (SSSR count). The van der Waals surface area contributed by atoms with Gasteiger partial charge >= 0.3 is 0 Å². The Morgan fingerprint density at radius 2 is 1.64 bits per heavy atom. The second-order valence-corrected chi connectivity index (χ2v) is 9.68. The Hall–Kier alpha value is -3.21. The molecule has 0 aliphatic carbocycles. The highest BCUT2D eigenvalue weighted by atomic mass is 32.2. The van der Waals surface area contributed by atoms with Gasteiger partial charge in [-0.2, -0.15) is 0 Å². The van der Waals surface area contributed by atoms with Crippen LogP contribution in [0.5, 0.6) is 0 Å². The molecular weight excluding hydrogens is 440 g/mol. The zero-order valence-electron chi connectivity index (χ0n) is 18.6. The molecule has 0 spiro atoms. The third-order valence-corrected chi connectivity index (χ3v) is 6.75. The summed E-state index contributed by atoms with van der Waals surface area (Å²) >= 11 is 0. The van der Waals surface area contributed by atoms with Crippen molar-refractivity contribution in [1.29, 1.82) is 5.41 Å². The SMILES string of the molecule is CC(=Cc1ccc(Nc2ccc(S(=O)(=O)NCCN3CCCC3)cc2)cc1)C(=O)NC(=N)N. The average molecular weight is 471 g/mol. The van der Waals surface area contributed by atoms with Crippen molar-refractivity contribution in [3.8, 4) is 0 Å². The predicted molar refractivity (Wildman–Crippen MR) is 131 cm³/mol. The smallest absolute Gasteiger partial charge is 0.253 e. The van der Waals surface area contributed by atoms with E-state index in [1.165, 1.54) is 12.8 Å². The van der Waals surface area contributed by atoms with Gasteiger partial charge in [-0.3, -0.25) is 15.5 Å². The Morgan fingerprint density at radius 3 is 2.21 bits per heavy atom. The third kappa shape index (κ3) is 7.41. The first-order valence-electron chi connectivity index (χ1n) is 10.8. The van der Waals surface area contributed by atoms with Crippen LogP contribution in [-0.2, 0) is 14.8 Å². The van der Waals surface area contributed by atoms with Crippen molar-refractivity contribution in [2.75, 3.05) is 31.5 Å². The standard InChI is InChI=1S/C23H30N6O3S/c1-17(22(30)28-23(24)25)16-18-4-6-19(7-5-18)27-20-8-10-21(11-9-20)33(31,32)26-12-15-29-13-2-3-14-29/h4-11,16,26-27H,2-3,12-15H2,1H3,(H4,24,25,28,30). The molecule has 0 saturated carbocycles. The lowest BCUT2D eigenvalue weighted by Gasteiger charge is -2.15. The number of hydrogen-bond donors (Lipinski definition) is 5. The number of likely N-dealkylation sites (tertiary alicyclic amines) is 1. The maximum absolute atomic E-state index is 12.5. The van der Waals surface area contributed by atoms with E-state index in [2.05, 4.69) is 20.3 Å². The number of rotatable bonds is 9. The molecule has 9 nitrogen and oxygen atoms in total. The van der Waals surface area contributed by atoms with E-state index in [1.54, 1.807) is 37.3 Å². The minimum atomic E-state index is -3.54. The maximum atomic E-state index is 12.5. The molecule has 1 saturated heterocycles. The minimum absolute atomic E-state index is 0.231. The van der Waals surface area contributed by atoms with Crippen molar-refractivity contribution in [2.24, 2.45) is 5.73 Å². The van der Waals surface area contributed by atoms with Crippen molar-refractivity contribution in [1.82, 2.24) is 14.9 Å². The summed E-state index contributed by atoms with van der Waals surface area (Å²) in [6, 6.07) is 14.0. The number of nitrogens with zero attached hydrogens (tertiary/aromatic N) is 1. The molecule has 2 aromatic carbocycles. The molecular formula is C23H30N6O3S. The van der Waals surface area contributed by atoms with Gasteiger partial charge in [-0.1, -0.05) is 12.1 Å². The number of nitrogens with one attached hydrogen (secondary N) is 4. The molecule has 0 unspecified atom stereocenters. The molecule has 1 aliphatic rings. The van der Waals surface area contributed by atoms with Crippen molar-refractivity contribution in [2.45, 2.75) is 24.7 Å². The molecule has 33 heavy (non-hydrogen) atoms. The van der Waals surface area contributed by atoms with Crippen LogP contribution in [0.2, 0.25) is 0 Å². The number of sulfonamides is 1. The first kappa shape index (κ1) is 24.4. The lowest BCUT2D eigenvalue weighted by molar-refractivity contribution is -0.116. The zero-order valence-corrected chi connectivity index (χ0v) is 19.4. The van der Waals surface area contributed by atoms with E-state index in [9.17, 15) is 13.2 Å². The summed E-state index contributed by atoms with van der Waals surface area (Å²) < 4.78 is 27.7. The van der Waals surface area contributed by atoms with Crippen LogP contribution in [0.25, 0.3) is 6.08 Å². The number of carbonyl (C=O) groups is 1. The highest BCUT2D eigenvalue weighted by molar-refractivity contribution is 7.89. The van der Waals surface area contributed by atoms with Crippen LogP contribution < -0.4 is 21.1 Å². The molecule has 6 N–H and O–H groups in total. The lowest BCUT2D eigenvalue weighted by Crippen LogP contribution is -2.36. The number of nitrogens with two attached hydrogens (primary N) is 1. The van der Waals surface area contributed by atoms with Crippen LogP contribution in [0.4, 0.5) is 11.4 Å². The van der Waals surface area contributed by atoms with Gasteiger partial charge < -0.3 is 16.0 Å². The minimum Gasteiger partial charge on any atom is -0.370 e. The summed E-state index contributed by atoms with van der Waals surface area (Å²) in [5.74, 6) is -0.825. The molecule has 1 amide bonds. The van der Waals surface area contributed by atoms with E-state index in [-0.39, 0.29) is 4.90 Å². The lowest BCUT2D eigenvalue weighted by atomic mass is 10.1. The molecule has 10 heteroatoms. The van der Waals surface area contributed by atoms with Gasteiger partial charge in [0, 0.05) is 30.0 Å². The predicted octanol–water partition coefficient (Wildman–Crippen LogP) is 2.22. The molecule has 0 bridgehead atoms. The highest BCUT2D eigenvalue weighted by Gasteiger charge is 2.16. The van der Waals surface area contributed by atoms with Crippen LogP contribution in [0.3, 0.4) is 0 Å². The third-order valence-electron chi connectivity index (χ3n) is 5.27. The monoisotopic (exact) mass is 470 g/mol. The van der Waals surface area contributed by atoms with Gasteiger partial charge in [0.05, 0.1) is 4.90 Å². The molecule has 176 valence electrons. The summed E-state index contributed by atoms with van der Waals surface area (Å²) in [6.07, 6.45) is 4.05. The highest BCUT2D eigenvalue weighted by Crippen LogP contribution is 2.20. The van der Waals surface area contributed by atoms with E-state index in [1.807, 2.05) is 24.3 Å². The van der Waals surface area contributed by atoms with E-state index < -0.39 is 21.9 Å². The zero-order chi connectivity index (χ0) is 23.8. The Morgan fingerprint density at radius 1 is 1.06 bits per heavy atom. The number of anilines is 2. The number of hydrogen-bond acceptors (Lipinski definition) is 6. The van der Waals surface area contributed by atoms with Crippen LogP contribution in [-0.4, -0.2) is 51.4 Å². The van der Waals surface area contributed by atoms with Crippen molar-refractivity contribution in [3.05, 3.63) is 59.7 Å². The summed E-state index contributed by atoms with van der Waals surface area (Å²) in [5.41, 5.74) is 7.99. The summed E-state index contributed by atoms with van der Waals surface area (Å²) in [7, 11) is -3.54. The van der Waals surface area contributed by atoms with Crippen LogP contribution in [0.15, 0.2) is 59.0 Å². The Kier molecular flexibility index (Phi) is 8.21. The molecule has 1 fully saturated rings. The van der Waals surface area contributed by atoms with Crippen molar-refractivity contribution >= 4 is 39.3 Å². The Balaban J connectivity index is 1.55. The number of guanidine groups is 1. The van der Waals surface area contributed by atoms with Gasteiger partial charge in [-0.05, 0) is 80.9 Å². The van der Waals surface area contributed by atoms with Gasteiger partial charge in [0.2, 0.25) is 10.0 Å². The number of amides is 1. The quantitative estimate of drug-likeness (QED) is 0.216. The average Bonchev–Trinajstić information content (AvgIpc) is 3.28. The molecule has 0 radical (unpaired) electrons. The van der Waals surface area contributed by atoms with E-state index in [0.717, 1.165) is 36.6 Å². The molecule has 0 aromatic heterocycles. The fourth-order valence-electron chi connectivity index (χ4n) is 3.51. The fourth-order valence-corrected chi connectivity index (χ4v) is 4.53. The van der Waals surface area contributed by atoms with E-state index in [0.29, 0.717) is 12.1 Å². The summed E-state index contributed by atoms with van der Waals surface area (Å²) in [5, 5.41) is 12.6. The Bertz CT molecular complexity index is 1110. The van der Waals surface area contributed by atoms with Gasteiger partial charge in [-0.15, -0.1) is 0 Å². The largest absolute Gasteiger partial charge is 0.370 e. The van der Waals surface area contributed by atoms with Crippen molar-refractivity contribution in [3.63, 3.8) is 0 Å². The summed E-state index contributed by atoms with van der Waals surface area (Å²) in [4.78, 5) is 14.3. The molecule has 0 atom stereocenters. The normalized spacial score (nSPS) is 14.8. The number of benzene rings is 2. The van der Waals surface area contributed by atoms with Crippen molar-refractivity contribution < 1.29 is 13.2 Å². The second-order valence-electron chi connectivity index (χ2n) is 7.91. The first-order chi connectivity index (χ1) is 15.7. The van der Waals surface area contributed by atoms with Crippen LogP contribution in [0.1, 0.15) is 25.3 Å². The van der Waals surface area contributed by atoms with Crippen LogP contribution in [0, 0.1) is 5.41 Å². The maximum Gasteiger partial charge on any atom is 0.253 e. The summed E-state index contributed by atoms with van der Waals surface area (Å²) in [6.45, 7) is 4.84. The topological polar surface area (TPSA) is 140 Å². The molecule has 1 heterocycles. The van der Waals surface area contributed by atoms with E-state index >= 15 is 0 Å². The second kappa shape index (κ2) is 11.1. The van der Waals surface area contributed by atoms with Gasteiger partial charge in [0.15, 0.2) is 5.96 Å².